The maximum atomic E-state index is 10.8. The molecule has 0 atom stereocenters. The van der Waals surface area contributed by atoms with Gasteiger partial charge in [-0.05, 0) is 6.07 Å². The van der Waals surface area contributed by atoms with Crippen molar-refractivity contribution < 1.29 is 5.11 Å². The van der Waals surface area contributed by atoms with Gasteiger partial charge in [-0.25, -0.2) is 0 Å². The summed E-state index contributed by atoms with van der Waals surface area (Å²) in [5.74, 6) is -0.164. The molecule has 0 saturated carbocycles. The van der Waals surface area contributed by atoms with Gasteiger partial charge in [-0.1, -0.05) is 19.2 Å². The first kappa shape index (κ1) is 8.33. The van der Waals surface area contributed by atoms with Gasteiger partial charge in [0.2, 0.25) is 5.56 Å². The standard InChI is InChI=1S/C9H9NO2/c1-3-7-4-5-8(12)10-9(7)6(2)11/h3-5,11H,1-2H2,(H,10,12). The number of hydrogen-bond acceptors (Lipinski definition) is 2. The van der Waals surface area contributed by atoms with Crippen molar-refractivity contribution in [3.8, 4) is 0 Å². The predicted molar refractivity (Wildman–Crippen MR) is 48.8 cm³/mol. The fourth-order valence-electron chi connectivity index (χ4n) is 0.895. The molecular weight excluding hydrogens is 154 g/mol. The van der Waals surface area contributed by atoms with Gasteiger partial charge in [0.05, 0.1) is 5.69 Å². The van der Waals surface area contributed by atoms with E-state index in [-0.39, 0.29) is 11.3 Å². The molecule has 0 aromatic carbocycles. The lowest BCUT2D eigenvalue weighted by atomic mass is 10.2. The van der Waals surface area contributed by atoms with Crippen LogP contribution in [0.4, 0.5) is 0 Å². The summed E-state index contributed by atoms with van der Waals surface area (Å²) >= 11 is 0. The molecule has 62 valence electrons. The Kier molecular flexibility index (Phi) is 2.14. The van der Waals surface area contributed by atoms with E-state index in [0.717, 1.165) is 0 Å². The lowest BCUT2D eigenvalue weighted by molar-refractivity contribution is 0.510. The van der Waals surface area contributed by atoms with Crippen molar-refractivity contribution >= 4 is 11.8 Å². The molecule has 0 spiro atoms. The lowest BCUT2D eigenvalue weighted by Gasteiger charge is -2.01. The molecule has 0 amide bonds. The zero-order valence-corrected chi connectivity index (χ0v) is 6.50. The van der Waals surface area contributed by atoms with Crippen molar-refractivity contribution in [1.82, 2.24) is 4.98 Å². The van der Waals surface area contributed by atoms with Crippen LogP contribution in [0.2, 0.25) is 0 Å². The Hall–Kier alpha value is -1.77. The Bertz CT molecular complexity index is 376. The fraction of sp³-hybridized carbons (Fsp3) is 0. The van der Waals surface area contributed by atoms with Crippen LogP contribution in [-0.2, 0) is 0 Å². The molecule has 1 heterocycles. The minimum absolute atomic E-state index is 0.164. The van der Waals surface area contributed by atoms with Crippen molar-refractivity contribution in [1.29, 1.82) is 0 Å². The molecule has 2 N–H and O–H groups in total. The Morgan fingerprint density at radius 3 is 2.75 bits per heavy atom. The SMILES string of the molecule is C=Cc1ccc(=O)[nH]c1C(=C)O. The second kappa shape index (κ2) is 3.09. The van der Waals surface area contributed by atoms with E-state index in [9.17, 15) is 4.79 Å². The van der Waals surface area contributed by atoms with E-state index in [4.69, 9.17) is 5.11 Å². The first-order chi connectivity index (χ1) is 5.65. The van der Waals surface area contributed by atoms with E-state index in [1.807, 2.05) is 0 Å². The molecular formula is C9H9NO2. The molecule has 0 bridgehead atoms. The van der Waals surface area contributed by atoms with Gasteiger partial charge in [0.15, 0.2) is 0 Å². The van der Waals surface area contributed by atoms with Crippen molar-refractivity contribution in [3.63, 3.8) is 0 Å². The summed E-state index contributed by atoms with van der Waals surface area (Å²) in [6, 6.07) is 2.94. The molecule has 12 heavy (non-hydrogen) atoms. The summed E-state index contributed by atoms with van der Waals surface area (Å²) in [5.41, 5.74) is 0.699. The van der Waals surface area contributed by atoms with Gasteiger partial charge >= 0.3 is 0 Å². The van der Waals surface area contributed by atoms with E-state index >= 15 is 0 Å². The van der Waals surface area contributed by atoms with Crippen molar-refractivity contribution in [2.24, 2.45) is 0 Å². The normalized spacial score (nSPS) is 9.33. The Morgan fingerprint density at radius 1 is 1.58 bits per heavy atom. The highest BCUT2D eigenvalue weighted by Crippen LogP contribution is 2.11. The number of aromatic amines is 1. The van der Waals surface area contributed by atoms with E-state index < -0.39 is 0 Å². The summed E-state index contributed by atoms with van der Waals surface area (Å²) in [7, 11) is 0. The molecule has 1 aromatic heterocycles. The van der Waals surface area contributed by atoms with E-state index in [0.29, 0.717) is 11.3 Å². The monoisotopic (exact) mass is 163 g/mol. The van der Waals surface area contributed by atoms with Gasteiger partial charge < -0.3 is 10.1 Å². The van der Waals surface area contributed by atoms with Crippen molar-refractivity contribution in [3.05, 3.63) is 46.9 Å². The smallest absolute Gasteiger partial charge is 0.248 e. The van der Waals surface area contributed by atoms with E-state index in [1.165, 1.54) is 12.1 Å². The number of aromatic nitrogens is 1. The van der Waals surface area contributed by atoms with Gasteiger partial charge in [-0.3, -0.25) is 4.79 Å². The summed E-state index contributed by atoms with van der Waals surface area (Å²) in [6.45, 7) is 6.84. The third-order valence-electron chi connectivity index (χ3n) is 1.46. The molecule has 0 saturated heterocycles. The highest BCUT2D eigenvalue weighted by atomic mass is 16.3. The van der Waals surface area contributed by atoms with Gasteiger partial charge in [0.25, 0.3) is 0 Å². The van der Waals surface area contributed by atoms with Crippen LogP contribution in [0.1, 0.15) is 11.3 Å². The van der Waals surface area contributed by atoms with Crippen LogP contribution < -0.4 is 5.56 Å². The van der Waals surface area contributed by atoms with Gasteiger partial charge in [0, 0.05) is 11.6 Å². The highest BCUT2D eigenvalue weighted by Gasteiger charge is 2.01. The van der Waals surface area contributed by atoms with Crippen LogP contribution >= 0.6 is 0 Å². The number of aliphatic hydroxyl groups is 1. The number of aliphatic hydroxyl groups excluding tert-OH is 1. The van der Waals surface area contributed by atoms with Gasteiger partial charge in [0.1, 0.15) is 5.76 Å². The Labute approximate surface area is 69.7 Å². The van der Waals surface area contributed by atoms with E-state index in [1.54, 1.807) is 6.07 Å². The third kappa shape index (κ3) is 1.45. The number of pyridine rings is 1. The van der Waals surface area contributed by atoms with Gasteiger partial charge in [-0.2, -0.15) is 0 Å². The number of nitrogens with one attached hydrogen (secondary N) is 1. The maximum Gasteiger partial charge on any atom is 0.248 e. The quantitative estimate of drug-likeness (QED) is 0.650. The molecule has 3 heteroatoms. The van der Waals surface area contributed by atoms with Gasteiger partial charge in [-0.15, -0.1) is 0 Å². The summed E-state index contributed by atoms with van der Waals surface area (Å²) < 4.78 is 0. The predicted octanol–water partition coefficient (Wildman–Crippen LogP) is 1.55. The molecule has 0 unspecified atom stereocenters. The number of rotatable bonds is 2. The molecule has 0 radical (unpaired) electrons. The van der Waals surface area contributed by atoms with Crippen LogP contribution in [0.5, 0.6) is 0 Å². The zero-order valence-electron chi connectivity index (χ0n) is 6.50. The fourth-order valence-corrected chi connectivity index (χ4v) is 0.895. The maximum absolute atomic E-state index is 10.8. The van der Waals surface area contributed by atoms with Crippen molar-refractivity contribution in [2.45, 2.75) is 0 Å². The lowest BCUT2D eigenvalue weighted by Crippen LogP contribution is -2.07. The molecule has 0 fully saturated rings. The van der Waals surface area contributed by atoms with E-state index in [2.05, 4.69) is 18.1 Å². The first-order valence-electron chi connectivity index (χ1n) is 3.39. The van der Waals surface area contributed by atoms with Crippen LogP contribution in [0.25, 0.3) is 11.8 Å². The second-order valence-corrected chi connectivity index (χ2v) is 2.30. The van der Waals surface area contributed by atoms with Crippen molar-refractivity contribution in [2.75, 3.05) is 0 Å². The Morgan fingerprint density at radius 2 is 2.25 bits per heavy atom. The minimum Gasteiger partial charge on any atom is -0.506 e. The molecule has 1 aromatic rings. The minimum atomic E-state index is -0.272. The molecule has 0 aliphatic carbocycles. The summed E-state index contributed by atoms with van der Waals surface area (Å²) in [6.07, 6.45) is 1.53. The van der Waals surface area contributed by atoms with Crippen LogP contribution in [0.15, 0.2) is 30.1 Å². The van der Waals surface area contributed by atoms with Crippen LogP contribution in [-0.4, -0.2) is 10.1 Å². The average molecular weight is 163 g/mol. The number of hydrogen-bond donors (Lipinski definition) is 2. The number of H-pyrrole nitrogens is 1. The molecule has 1 rings (SSSR count). The zero-order chi connectivity index (χ0) is 9.14. The topological polar surface area (TPSA) is 53.1 Å². The average Bonchev–Trinajstić information content (AvgIpc) is 2.04. The molecule has 0 aliphatic heterocycles. The third-order valence-corrected chi connectivity index (χ3v) is 1.46. The first-order valence-corrected chi connectivity index (χ1v) is 3.39. The molecule has 3 nitrogen and oxygen atoms in total. The molecule has 0 aliphatic rings. The summed E-state index contributed by atoms with van der Waals surface area (Å²) in [5, 5.41) is 9.05. The second-order valence-electron chi connectivity index (χ2n) is 2.30. The largest absolute Gasteiger partial charge is 0.506 e. The summed E-state index contributed by atoms with van der Waals surface area (Å²) in [4.78, 5) is 13.3. The Balaban J connectivity index is 3.41. The van der Waals surface area contributed by atoms with Crippen LogP contribution in [0.3, 0.4) is 0 Å². The highest BCUT2D eigenvalue weighted by molar-refractivity contribution is 5.64. The van der Waals surface area contributed by atoms with Crippen LogP contribution in [0, 0.1) is 0 Å².